The van der Waals surface area contributed by atoms with Gasteiger partial charge in [0.2, 0.25) is 11.8 Å². The van der Waals surface area contributed by atoms with Gasteiger partial charge in [0.1, 0.15) is 11.6 Å². The Balaban J connectivity index is 3.29. The molecule has 0 spiro atoms. The lowest BCUT2D eigenvalue weighted by Crippen LogP contribution is -2.73. The molecule has 0 bridgehead atoms. The molecule has 0 aromatic heterocycles. The molecular weight excluding hydrogens is 264 g/mol. The molecule has 0 saturated carbocycles. The van der Waals surface area contributed by atoms with E-state index < -0.39 is 5.54 Å². The van der Waals surface area contributed by atoms with Gasteiger partial charge in [-0.2, -0.15) is 0 Å². The molecule has 21 heavy (non-hydrogen) atoms. The second-order valence-electron chi connectivity index (χ2n) is 6.25. The summed E-state index contributed by atoms with van der Waals surface area (Å²) in [5.41, 5.74) is -0.669. The second kappa shape index (κ2) is 7.28. The highest BCUT2D eigenvalue weighted by Gasteiger charge is 2.52. The number of rotatable bonds is 7. The Bertz CT molecular complexity index is 373. The van der Waals surface area contributed by atoms with E-state index in [1.54, 1.807) is 0 Å². The van der Waals surface area contributed by atoms with Gasteiger partial charge in [0.15, 0.2) is 0 Å². The fraction of sp³-hybridized carbons (Fsp3) is 0.882. The highest BCUT2D eigenvalue weighted by atomic mass is 16.2. The molecule has 1 aliphatic heterocycles. The highest BCUT2D eigenvalue weighted by Crippen LogP contribution is 2.34. The molecule has 2 amide bonds. The average Bonchev–Trinajstić information content (AvgIpc) is 2.51. The zero-order valence-corrected chi connectivity index (χ0v) is 14.5. The van der Waals surface area contributed by atoms with E-state index in [0.29, 0.717) is 12.8 Å². The summed E-state index contributed by atoms with van der Waals surface area (Å²) in [4.78, 5) is 27.8. The molecule has 1 rings (SSSR count). The normalized spacial score (nSPS) is 23.4. The van der Waals surface area contributed by atoms with Gasteiger partial charge >= 0.3 is 0 Å². The van der Waals surface area contributed by atoms with Gasteiger partial charge in [-0.25, -0.2) is 0 Å². The quantitative estimate of drug-likeness (QED) is 0.785. The third-order valence-electron chi connectivity index (χ3n) is 5.36. The van der Waals surface area contributed by atoms with E-state index in [4.69, 9.17) is 0 Å². The van der Waals surface area contributed by atoms with Crippen LogP contribution in [0.2, 0.25) is 0 Å². The number of hydrogen-bond donors (Lipinski definition) is 1. The van der Waals surface area contributed by atoms with E-state index in [0.717, 1.165) is 19.3 Å². The molecule has 1 aliphatic rings. The summed E-state index contributed by atoms with van der Waals surface area (Å²) >= 11 is 0. The molecular formula is C17H32N2O2. The van der Waals surface area contributed by atoms with E-state index in [2.05, 4.69) is 26.1 Å². The first-order valence-electron chi connectivity index (χ1n) is 8.57. The minimum atomic E-state index is -0.669. The number of amides is 2. The van der Waals surface area contributed by atoms with Crippen LogP contribution < -0.4 is 5.32 Å². The predicted molar refractivity (Wildman–Crippen MR) is 85.9 cm³/mol. The number of nitrogens with one attached hydrogen (secondary N) is 1. The molecule has 2 atom stereocenters. The monoisotopic (exact) mass is 296 g/mol. The van der Waals surface area contributed by atoms with Crippen LogP contribution in [0.4, 0.5) is 0 Å². The maximum Gasteiger partial charge on any atom is 0.246 e. The van der Waals surface area contributed by atoms with Crippen molar-refractivity contribution in [2.24, 2.45) is 5.92 Å². The fourth-order valence-electron chi connectivity index (χ4n) is 3.52. The van der Waals surface area contributed by atoms with Crippen LogP contribution in [0.15, 0.2) is 0 Å². The van der Waals surface area contributed by atoms with Crippen LogP contribution in [-0.2, 0) is 9.59 Å². The van der Waals surface area contributed by atoms with E-state index in [9.17, 15) is 9.59 Å². The molecule has 0 aromatic rings. The van der Waals surface area contributed by atoms with Crippen LogP contribution in [0.3, 0.4) is 0 Å². The molecule has 1 heterocycles. The zero-order chi connectivity index (χ0) is 16.2. The number of nitrogens with zero attached hydrogens (tertiary/aromatic N) is 1. The summed E-state index contributed by atoms with van der Waals surface area (Å²) in [7, 11) is 0. The first-order valence-corrected chi connectivity index (χ1v) is 8.57. The van der Waals surface area contributed by atoms with E-state index in [-0.39, 0.29) is 29.8 Å². The molecule has 4 nitrogen and oxygen atoms in total. The summed E-state index contributed by atoms with van der Waals surface area (Å²) < 4.78 is 0. The molecule has 1 N–H and O–H groups in total. The summed E-state index contributed by atoms with van der Waals surface area (Å²) in [6, 6.07) is -0.218. The van der Waals surface area contributed by atoms with Crippen LogP contribution in [-0.4, -0.2) is 34.3 Å². The number of piperazine rings is 1. The first kappa shape index (κ1) is 18.0. The van der Waals surface area contributed by atoms with Crippen molar-refractivity contribution in [1.29, 1.82) is 0 Å². The molecule has 122 valence electrons. The molecule has 0 radical (unpaired) electrons. The van der Waals surface area contributed by atoms with Crippen LogP contribution in [0.1, 0.15) is 73.6 Å². The maximum absolute atomic E-state index is 13.1. The fourth-order valence-corrected chi connectivity index (χ4v) is 3.52. The molecule has 1 saturated heterocycles. The zero-order valence-electron chi connectivity index (χ0n) is 14.5. The Morgan fingerprint density at radius 1 is 1.05 bits per heavy atom. The Kier molecular flexibility index (Phi) is 6.24. The van der Waals surface area contributed by atoms with Crippen molar-refractivity contribution in [3.8, 4) is 0 Å². The lowest BCUT2D eigenvalue weighted by Gasteiger charge is -2.51. The van der Waals surface area contributed by atoms with E-state index in [1.807, 2.05) is 25.7 Å². The van der Waals surface area contributed by atoms with Crippen molar-refractivity contribution in [2.75, 3.05) is 0 Å². The van der Waals surface area contributed by atoms with Gasteiger partial charge in [-0.05, 0) is 31.6 Å². The van der Waals surface area contributed by atoms with Gasteiger partial charge in [-0.3, -0.25) is 9.59 Å². The SMILES string of the molecule is CCC(C)C1NC(=O)C(CC)(CC)N(C(CC)CC)C1=O. The molecule has 0 aliphatic carbocycles. The van der Waals surface area contributed by atoms with Crippen molar-refractivity contribution < 1.29 is 9.59 Å². The lowest BCUT2D eigenvalue weighted by atomic mass is 9.81. The smallest absolute Gasteiger partial charge is 0.246 e. The topological polar surface area (TPSA) is 49.4 Å². The Labute approximate surface area is 129 Å². The average molecular weight is 296 g/mol. The van der Waals surface area contributed by atoms with Crippen molar-refractivity contribution in [2.45, 2.75) is 91.3 Å². The summed E-state index contributed by atoms with van der Waals surface area (Å²) in [5, 5.41) is 3.01. The minimum Gasteiger partial charge on any atom is -0.342 e. The Morgan fingerprint density at radius 3 is 1.95 bits per heavy atom. The van der Waals surface area contributed by atoms with E-state index in [1.165, 1.54) is 0 Å². The first-order chi connectivity index (χ1) is 9.93. The lowest BCUT2D eigenvalue weighted by molar-refractivity contribution is -0.164. The largest absolute Gasteiger partial charge is 0.342 e. The van der Waals surface area contributed by atoms with E-state index >= 15 is 0 Å². The van der Waals surface area contributed by atoms with Gasteiger partial charge in [-0.1, -0.05) is 48.0 Å². The van der Waals surface area contributed by atoms with Gasteiger partial charge in [0.05, 0.1) is 0 Å². The number of carbonyl (C=O) groups excluding carboxylic acids is 2. The molecule has 4 heteroatoms. The van der Waals surface area contributed by atoms with Gasteiger partial charge in [0.25, 0.3) is 0 Å². The second-order valence-corrected chi connectivity index (χ2v) is 6.25. The Hall–Kier alpha value is -1.06. The maximum atomic E-state index is 13.1. The third-order valence-corrected chi connectivity index (χ3v) is 5.36. The predicted octanol–water partition coefficient (Wildman–Crippen LogP) is 3.11. The van der Waals surface area contributed by atoms with Crippen molar-refractivity contribution in [1.82, 2.24) is 10.2 Å². The number of hydrogen-bond acceptors (Lipinski definition) is 2. The minimum absolute atomic E-state index is 0.0318. The molecule has 1 fully saturated rings. The van der Waals surface area contributed by atoms with Crippen LogP contribution in [0.5, 0.6) is 0 Å². The van der Waals surface area contributed by atoms with Crippen molar-refractivity contribution in [3.05, 3.63) is 0 Å². The van der Waals surface area contributed by atoms with Crippen molar-refractivity contribution in [3.63, 3.8) is 0 Å². The summed E-state index contributed by atoms with van der Waals surface area (Å²) in [5.74, 6) is 0.315. The van der Waals surface area contributed by atoms with Gasteiger partial charge < -0.3 is 10.2 Å². The van der Waals surface area contributed by atoms with Gasteiger partial charge in [-0.15, -0.1) is 0 Å². The number of carbonyl (C=O) groups is 2. The standard InChI is InChI=1S/C17H32N2O2/c1-7-12(6)14-15(20)19(13(8-2)9-3)17(10-4,11-5)16(21)18-14/h12-14H,7-11H2,1-6H3,(H,18,21). The molecule has 2 unspecified atom stereocenters. The summed E-state index contributed by atoms with van der Waals surface area (Å²) in [6.45, 7) is 12.3. The molecule has 0 aromatic carbocycles. The van der Waals surface area contributed by atoms with Gasteiger partial charge in [0, 0.05) is 6.04 Å². The third kappa shape index (κ3) is 2.95. The van der Waals surface area contributed by atoms with Crippen LogP contribution in [0, 0.1) is 5.92 Å². The summed E-state index contributed by atoms with van der Waals surface area (Å²) in [6.07, 6.45) is 4.02. The highest BCUT2D eigenvalue weighted by molar-refractivity contribution is 6.00. The van der Waals surface area contributed by atoms with Crippen LogP contribution in [0.25, 0.3) is 0 Å². The van der Waals surface area contributed by atoms with Crippen molar-refractivity contribution >= 4 is 11.8 Å². The van der Waals surface area contributed by atoms with Crippen LogP contribution >= 0.6 is 0 Å². The Morgan fingerprint density at radius 2 is 1.57 bits per heavy atom.